The Balaban J connectivity index is 1.60. The van der Waals surface area contributed by atoms with E-state index >= 15 is 0 Å². The van der Waals surface area contributed by atoms with Crippen LogP contribution in [0.4, 0.5) is 0 Å². The maximum atomic E-state index is 3.56. The van der Waals surface area contributed by atoms with Crippen LogP contribution in [0.2, 0.25) is 0 Å². The number of piperazine rings is 1. The highest BCUT2D eigenvalue weighted by Crippen LogP contribution is 2.37. The van der Waals surface area contributed by atoms with Gasteiger partial charge >= 0.3 is 0 Å². The van der Waals surface area contributed by atoms with Gasteiger partial charge in [0.15, 0.2) is 0 Å². The molecule has 2 aliphatic heterocycles. The third kappa shape index (κ3) is 3.38. The van der Waals surface area contributed by atoms with Gasteiger partial charge in [-0.15, -0.1) is 11.8 Å². The van der Waals surface area contributed by atoms with Crippen molar-refractivity contribution in [3.63, 3.8) is 0 Å². The summed E-state index contributed by atoms with van der Waals surface area (Å²) in [6.45, 7) is 9.46. The van der Waals surface area contributed by atoms with E-state index in [4.69, 9.17) is 0 Å². The highest BCUT2D eigenvalue weighted by Gasteiger charge is 2.28. The fourth-order valence-corrected chi connectivity index (χ4v) is 4.79. The SMILES string of the molecule is CC(C)CC1CNCCN1CC1Cc2ccccc2S1. The second kappa shape index (κ2) is 6.50. The maximum absolute atomic E-state index is 3.56. The Morgan fingerprint density at radius 3 is 3.00 bits per heavy atom. The Labute approximate surface area is 127 Å². The number of fused-ring (bicyclic) bond motifs is 1. The van der Waals surface area contributed by atoms with E-state index in [0.29, 0.717) is 0 Å². The Hall–Kier alpha value is -0.510. The molecule has 2 unspecified atom stereocenters. The van der Waals surface area contributed by atoms with Crippen LogP contribution in [-0.2, 0) is 6.42 Å². The molecule has 20 heavy (non-hydrogen) atoms. The summed E-state index contributed by atoms with van der Waals surface area (Å²) in [5.41, 5.74) is 1.55. The highest BCUT2D eigenvalue weighted by molar-refractivity contribution is 8.00. The van der Waals surface area contributed by atoms with E-state index in [2.05, 4.69) is 60.1 Å². The molecule has 2 aliphatic rings. The van der Waals surface area contributed by atoms with Crippen molar-refractivity contribution in [3.8, 4) is 0 Å². The van der Waals surface area contributed by atoms with Crippen LogP contribution in [0.25, 0.3) is 0 Å². The van der Waals surface area contributed by atoms with Gasteiger partial charge in [0.05, 0.1) is 0 Å². The molecule has 3 heteroatoms. The molecular weight excluding hydrogens is 264 g/mol. The lowest BCUT2D eigenvalue weighted by Gasteiger charge is -2.38. The van der Waals surface area contributed by atoms with E-state index < -0.39 is 0 Å². The normalized spacial score (nSPS) is 26.9. The van der Waals surface area contributed by atoms with Crippen LogP contribution in [-0.4, -0.2) is 42.4 Å². The van der Waals surface area contributed by atoms with Crippen LogP contribution in [0.5, 0.6) is 0 Å². The lowest BCUT2D eigenvalue weighted by atomic mass is 10.00. The molecule has 2 atom stereocenters. The van der Waals surface area contributed by atoms with E-state index in [0.717, 1.165) is 23.8 Å². The van der Waals surface area contributed by atoms with Crippen LogP contribution in [0.15, 0.2) is 29.2 Å². The predicted molar refractivity (Wildman–Crippen MR) is 87.5 cm³/mol. The molecule has 0 aromatic heterocycles. The quantitative estimate of drug-likeness (QED) is 0.917. The van der Waals surface area contributed by atoms with E-state index in [9.17, 15) is 0 Å². The molecule has 1 aromatic carbocycles. The molecule has 0 saturated carbocycles. The highest BCUT2D eigenvalue weighted by atomic mass is 32.2. The number of hydrogen-bond donors (Lipinski definition) is 1. The number of benzene rings is 1. The molecule has 1 fully saturated rings. The molecule has 1 N–H and O–H groups in total. The van der Waals surface area contributed by atoms with Crippen molar-refractivity contribution in [1.29, 1.82) is 0 Å². The average molecular weight is 290 g/mol. The fraction of sp³-hybridized carbons (Fsp3) is 0.647. The Morgan fingerprint density at radius 2 is 2.20 bits per heavy atom. The first-order valence-electron chi connectivity index (χ1n) is 7.91. The van der Waals surface area contributed by atoms with Gasteiger partial charge in [0.1, 0.15) is 0 Å². The van der Waals surface area contributed by atoms with Crippen LogP contribution < -0.4 is 5.32 Å². The maximum Gasteiger partial charge on any atom is 0.0263 e. The minimum Gasteiger partial charge on any atom is -0.314 e. The third-order valence-corrected chi connectivity index (χ3v) is 5.67. The van der Waals surface area contributed by atoms with Gasteiger partial charge in [-0.25, -0.2) is 0 Å². The summed E-state index contributed by atoms with van der Waals surface area (Å²) in [6.07, 6.45) is 2.57. The summed E-state index contributed by atoms with van der Waals surface area (Å²) in [6, 6.07) is 9.65. The third-order valence-electron chi connectivity index (χ3n) is 4.37. The summed E-state index contributed by atoms with van der Waals surface area (Å²) >= 11 is 2.09. The number of thioether (sulfide) groups is 1. The van der Waals surface area contributed by atoms with E-state index in [1.165, 1.54) is 37.4 Å². The lowest BCUT2D eigenvalue weighted by molar-refractivity contribution is 0.142. The monoisotopic (exact) mass is 290 g/mol. The molecule has 0 bridgehead atoms. The predicted octanol–water partition coefficient (Wildman–Crippen LogP) is 3.02. The van der Waals surface area contributed by atoms with Gasteiger partial charge in [-0.2, -0.15) is 0 Å². The van der Waals surface area contributed by atoms with Crippen molar-refractivity contribution in [2.45, 2.75) is 42.9 Å². The number of rotatable bonds is 4. The summed E-state index contributed by atoms with van der Waals surface area (Å²) in [5, 5.41) is 4.31. The van der Waals surface area contributed by atoms with E-state index in [1.807, 2.05) is 0 Å². The second-order valence-electron chi connectivity index (χ2n) is 6.53. The van der Waals surface area contributed by atoms with Crippen LogP contribution in [0.3, 0.4) is 0 Å². The molecule has 0 aliphatic carbocycles. The van der Waals surface area contributed by atoms with E-state index in [1.54, 1.807) is 5.56 Å². The molecular formula is C17H26N2S. The molecule has 1 aromatic rings. The Bertz CT molecular complexity index is 421. The zero-order valence-corrected chi connectivity index (χ0v) is 13.5. The first kappa shape index (κ1) is 14.4. The van der Waals surface area contributed by atoms with Crippen molar-refractivity contribution >= 4 is 11.8 Å². The minimum atomic E-state index is 0.730. The Kier molecular flexibility index (Phi) is 4.69. The van der Waals surface area contributed by atoms with Gasteiger partial charge in [0.25, 0.3) is 0 Å². The molecule has 2 nitrogen and oxygen atoms in total. The van der Waals surface area contributed by atoms with Crippen molar-refractivity contribution < 1.29 is 0 Å². The fourth-order valence-electron chi connectivity index (χ4n) is 3.44. The summed E-state index contributed by atoms with van der Waals surface area (Å²) in [7, 11) is 0. The van der Waals surface area contributed by atoms with Gasteiger partial charge in [-0.3, -0.25) is 4.90 Å². The standard InChI is InChI=1S/C17H26N2S/c1-13(2)9-15-11-18-7-8-19(15)12-16-10-14-5-3-4-6-17(14)20-16/h3-6,13,15-16,18H,7-12H2,1-2H3. The number of nitrogens with zero attached hydrogens (tertiary/aromatic N) is 1. The number of nitrogens with one attached hydrogen (secondary N) is 1. The summed E-state index contributed by atoms with van der Waals surface area (Å²) in [5.74, 6) is 0.788. The summed E-state index contributed by atoms with van der Waals surface area (Å²) in [4.78, 5) is 4.24. The van der Waals surface area contributed by atoms with Crippen LogP contribution in [0.1, 0.15) is 25.8 Å². The van der Waals surface area contributed by atoms with Crippen molar-refractivity contribution in [3.05, 3.63) is 29.8 Å². The lowest BCUT2D eigenvalue weighted by Crippen LogP contribution is -2.53. The van der Waals surface area contributed by atoms with Crippen LogP contribution in [0, 0.1) is 5.92 Å². The van der Waals surface area contributed by atoms with E-state index in [-0.39, 0.29) is 0 Å². The molecule has 2 heterocycles. The molecule has 3 rings (SSSR count). The smallest absolute Gasteiger partial charge is 0.0263 e. The van der Waals surface area contributed by atoms with Gasteiger partial charge in [0.2, 0.25) is 0 Å². The zero-order valence-electron chi connectivity index (χ0n) is 12.6. The molecule has 0 radical (unpaired) electrons. The van der Waals surface area contributed by atoms with Crippen LogP contribution >= 0.6 is 11.8 Å². The topological polar surface area (TPSA) is 15.3 Å². The summed E-state index contributed by atoms with van der Waals surface area (Å²) < 4.78 is 0. The largest absolute Gasteiger partial charge is 0.314 e. The molecule has 1 saturated heterocycles. The Morgan fingerprint density at radius 1 is 1.35 bits per heavy atom. The molecule has 110 valence electrons. The van der Waals surface area contributed by atoms with Gasteiger partial charge < -0.3 is 5.32 Å². The molecule has 0 spiro atoms. The van der Waals surface area contributed by atoms with Crippen molar-refractivity contribution in [2.75, 3.05) is 26.2 Å². The second-order valence-corrected chi connectivity index (χ2v) is 7.88. The van der Waals surface area contributed by atoms with Crippen molar-refractivity contribution in [2.24, 2.45) is 5.92 Å². The first-order valence-corrected chi connectivity index (χ1v) is 8.79. The van der Waals surface area contributed by atoms with Crippen molar-refractivity contribution in [1.82, 2.24) is 10.2 Å². The molecule has 0 amide bonds. The van der Waals surface area contributed by atoms with Gasteiger partial charge in [0, 0.05) is 42.4 Å². The number of hydrogen-bond acceptors (Lipinski definition) is 3. The average Bonchev–Trinajstić information content (AvgIpc) is 2.82. The van der Waals surface area contributed by atoms with Gasteiger partial charge in [-0.1, -0.05) is 32.0 Å². The zero-order chi connectivity index (χ0) is 13.9. The minimum absolute atomic E-state index is 0.730. The van der Waals surface area contributed by atoms with Gasteiger partial charge in [-0.05, 0) is 30.4 Å². The first-order chi connectivity index (χ1) is 9.72.